The van der Waals surface area contributed by atoms with Crippen LogP contribution in [-0.4, -0.2) is 4.57 Å². The third kappa shape index (κ3) is 8.90. The molecule has 0 saturated carbocycles. The third-order valence-electron chi connectivity index (χ3n) is 19.2. The van der Waals surface area contributed by atoms with Crippen LogP contribution in [0.2, 0.25) is 0 Å². The van der Waals surface area contributed by atoms with Crippen molar-refractivity contribution in [3.05, 3.63) is 347 Å². The van der Waals surface area contributed by atoms with Gasteiger partial charge in [0.05, 0.1) is 27.8 Å². The quantitative estimate of drug-likeness (QED) is 0.132. The summed E-state index contributed by atoms with van der Waals surface area (Å²) in [5, 5.41) is 2.45. The zero-order valence-electron chi connectivity index (χ0n) is 50.6. The molecular formula is C85H72N2. The molecule has 87 heavy (non-hydrogen) atoms. The van der Waals surface area contributed by atoms with Gasteiger partial charge in [-0.25, -0.2) is 0 Å². The van der Waals surface area contributed by atoms with Gasteiger partial charge >= 0.3 is 0 Å². The topological polar surface area (TPSA) is 8.17 Å². The molecule has 1 aromatic heterocycles. The monoisotopic (exact) mass is 1120 g/mol. The van der Waals surface area contributed by atoms with Gasteiger partial charge in [-0.15, -0.1) is 0 Å². The Balaban J connectivity index is 1.00. The molecule has 2 nitrogen and oxygen atoms in total. The fourth-order valence-electron chi connectivity index (χ4n) is 15.2. The van der Waals surface area contributed by atoms with E-state index in [0.29, 0.717) is 0 Å². The molecule has 0 aliphatic heterocycles. The van der Waals surface area contributed by atoms with Gasteiger partial charge in [0.25, 0.3) is 0 Å². The highest BCUT2D eigenvalue weighted by atomic mass is 15.2. The smallest absolute Gasteiger partial charge is 0.0713 e. The maximum absolute atomic E-state index is 2.65. The minimum absolute atomic E-state index is 0.00966. The van der Waals surface area contributed by atoms with Crippen molar-refractivity contribution in [3.63, 3.8) is 0 Å². The molecule has 2 heteroatoms. The number of aromatic nitrogens is 1. The van der Waals surface area contributed by atoms with Crippen molar-refractivity contribution < 1.29 is 0 Å². The molecule has 11 aromatic carbocycles. The van der Waals surface area contributed by atoms with Gasteiger partial charge in [0.15, 0.2) is 0 Å². The van der Waals surface area contributed by atoms with Gasteiger partial charge < -0.3 is 9.47 Å². The van der Waals surface area contributed by atoms with Gasteiger partial charge in [0.2, 0.25) is 0 Å². The Kier molecular flexibility index (Phi) is 13.2. The summed E-state index contributed by atoms with van der Waals surface area (Å²) < 4.78 is 2.48. The molecule has 0 amide bonds. The number of nitrogens with zero attached hydrogens (tertiary/aromatic N) is 2. The minimum atomic E-state index is -0.558. The van der Waals surface area contributed by atoms with E-state index >= 15 is 0 Å². The maximum Gasteiger partial charge on any atom is 0.0713 e. The van der Waals surface area contributed by atoms with E-state index in [1.54, 1.807) is 0 Å². The Hall–Kier alpha value is -9.76. The zero-order chi connectivity index (χ0) is 59.0. The second kappa shape index (κ2) is 21.3. The van der Waals surface area contributed by atoms with Crippen LogP contribution in [0, 0.1) is 5.92 Å². The number of hydrogen-bond acceptors (Lipinski definition) is 1. The summed E-state index contributed by atoms with van der Waals surface area (Å²) >= 11 is 0. The van der Waals surface area contributed by atoms with Crippen molar-refractivity contribution in [3.8, 4) is 39.1 Å². The molecule has 15 rings (SSSR count). The first-order valence-corrected chi connectivity index (χ1v) is 31.2. The average Bonchev–Trinajstić information content (AvgIpc) is 1.60. The van der Waals surface area contributed by atoms with Gasteiger partial charge in [0, 0.05) is 50.7 Å². The second-order valence-electron chi connectivity index (χ2n) is 26.3. The van der Waals surface area contributed by atoms with Crippen LogP contribution in [0.25, 0.3) is 60.9 Å². The van der Waals surface area contributed by atoms with E-state index in [9.17, 15) is 0 Å². The summed E-state index contributed by atoms with van der Waals surface area (Å²) in [6, 6.07) is 101. The molecule has 0 spiro atoms. The largest absolute Gasteiger partial charge is 0.309 e. The van der Waals surface area contributed by atoms with E-state index in [4.69, 9.17) is 0 Å². The third-order valence-corrected chi connectivity index (χ3v) is 19.2. The molecule has 0 radical (unpaired) electrons. The fraction of sp³-hybridized carbons (Fsp3) is 0.153. The average molecular weight is 1120 g/mol. The Morgan fingerprint density at radius 2 is 0.966 bits per heavy atom. The van der Waals surface area contributed by atoms with Crippen molar-refractivity contribution in [1.82, 2.24) is 4.57 Å². The van der Waals surface area contributed by atoms with Gasteiger partial charge in [-0.2, -0.15) is 0 Å². The molecule has 1 heterocycles. The van der Waals surface area contributed by atoms with E-state index in [2.05, 4.69) is 348 Å². The first-order chi connectivity index (χ1) is 42.5. The van der Waals surface area contributed by atoms with Crippen molar-refractivity contribution in [2.45, 2.75) is 76.0 Å². The van der Waals surface area contributed by atoms with Gasteiger partial charge in [-0.3, -0.25) is 0 Å². The molecule has 3 aliphatic rings. The summed E-state index contributed by atoms with van der Waals surface area (Å²) in [5.41, 5.74) is 25.5. The van der Waals surface area contributed by atoms with Crippen molar-refractivity contribution >= 4 is 38.9 Å². The zero-order valence-corrected chi connectivity index (χ0v) is 50.6. The normalized spacial score (nSPS) is 16.8. The van der Waals surface area contributed by atoms with Crippen molar-refractivity contribution in [2.75, 3.05) is 4.90 Å². The number of para-hydroxylation sites is 6. The first-order valence-electron chi connectivity index (χ1n) is 31.2. The molecule has 0 N–H and O–H groups in total. The Morgan fingerprint density at radius 3 is 1.64 bits per heavy atom. The van der Waals surface area contributed by atoms with E-state index in [0.717, 1.165) is 40.3 Å². The van der Waals surface area contributed by atoms with Crippen molar-refractivity contribution in [2.24, 2.45) is 5.92 Å². The lowest BCUT2D eigenvalue weighted by Crippen LogP contribution is -2.28. The van der Waals surface area contributed by atoms with Crippen LogP contribution in [0.3, 0.4) is 0 Å². The van der Waals surface area contributed by atoms with Crippen LogP contribution < -0.4 is 4.90 Å². The lowest BCUT2D eigenvalue weighted by molar-refractivity contribution is 0.436. The van der Waals surface area contributed by atoms with Crippen LogP contribution in [0.15, 0.2) is 303 Å². The predicted molar refractivity (Wildman–Crippen MR) is 367 cm³/mol. The molecule has 3 aliphatic carbocycles. The number of allylic oxidation sites excluding steroid dienone is 6. The lowest BCUT2D eigenvalue weighted by Gasteiger charge is -2.40. The summed E-state index contributed by atoms with van der Waals surface area (Å²) in [5.74, 6) is 0.480. The van der Waals surface area contributed by atoms with Crippen LogP contribution >= 0.6 is 0 Å². The Bertz CT molecular complexity index is 4620. The van der Waals surface area contributed by atoms with E-state index in [-0.39, 0.29) is 28.6 Å². The van der Waals surface area contributed by atoms with Crippen molar-refractivity contribution in [1.29, 1.82) is 0 Å². The summed E-state index contributed by atoms with van der Waals surface area (Å²) in [7, 11) is 0. The van der Waals surface area contributed by atoms with Gasteiger partial charge in [0.1, 0.15) is 0 Å². The highest BCUT2D eigenvalue weighted by molar-refractivity contribution is 6.15. The predicted octanol–water partition coefficient (Wildman–Crippen LogP) is 22.5. The first kappa shape index (κ1) is 53.9. The molecule has 0 bridgehead atoms. The number of rotatable bonds is 10. The van der Waals surface area contributed by atoms with E-state index in [1.807, 2.05) is 0 Å². The summed E-state index contributed by atoms with van der Waals surface area (Å²) in [4.78, 5) is 2.65. The van der Waals surface area contributed by atoms with Crippen LogP contribution in [0.4, 0.5) is 17.1 Å². The van der Waals surface area contributed by atoms with Gasteiger partial charge in [-0.05, 0) is 126 Å². The highest BCUT2D eigenvalue weighted by Gasteiger charge is 2.47. The van der Waals surface area contributed by atoms with E-state index in [1.165, 1.54) is 94.1 Å². The number of fused-ring (bicyclic) bond motifs is 7. The highest BCUT2D eigenvalue weighted by Crippen LogP contribution is 2.60. The maximum atomic E-state index is 2.65. The van der Waals surface area contributed by atoms with Crippen LogP contribution in [-0.2, 0) is 16.2 Å². The fourth-order valence-corrected chi connectivity index (χ4v) is 15.2. The number of anilines is 3. The molecule has 422 valence electrons. The molecule has 0 fully saturated rings. The standard InChI is InChI=1S/C85H72N2/c1-83(2,3)61-54-58(55-62(56-61)84(4,5)6)64-43-26-30-57-31-27-44-69(80(57)64)65-38-17-23-51-77(65)87(79-53-25-20-41-68(79)72-47-28-46-71-67-40-19-22-50-76(67)86(82(71)72)63-36-14-9-15-37-63)78-52-24-18-39-66(78)70-45-29-49-75-81(70)73-42-16-21-48-74(73)85(75,59-32-10-7-11-33-59)60-34-12-8-13-35-60/h7-42,44-56,64,69,80H,43H2,1-6H3. The lowest BCUT2D eigenvalue weighted by atomic mass is 9.65. The molecule has 12 aromatic rings. The second-order valence-corrected chi connectivity index (χ2v) is 26.3. The summed E-state index contributed by atoms with van der Waals surface area (Å²) in [6.07, 6.45) is 13.1. The van der Waals surface area contributed by atoms with E-state index < -0.39 is 5.41 Å². The van der Waals surface area contributed by atoms with Gasteiger partial charge in [-0.1, -0.05) is 302 Å². The molecular weight excluding hydrogens is 1050 g/mol. The Morgan fingerprint density at radius 1 is 0.448 bits per heavy atom. The molecule has 0 saturated heterocycles. The number of benzene rings is 11. The minimum Gasteiger partial charge on any atom is -0.309 e. The number of hydrogen-bond donors (Lipinski definition) is 0. The van der Waals surface area contributed by atoms with Crippen LogP contribution in [0.1, 0.15) is 104 Å². The SMILES string of the molecule is CC(C)(C)c1cc(C2CC=CC3=CC=CC(c4ccccc4N(c4ccccc4-c4cccc5c4-c4ccccc4C5(c4ccccc4)c4ccccc4)c4ccccc4-c4cccc5c6ccccc6n(-c6ccccc6)c45)C32)cc(C(C)(C)C)c1. The molecule has 3 unspecified atom stereocenters. The Labute approximate surface area is 513 Å². The van der Waals surface area contributed by atoms with Crippen LogP contribution in [0.5, 0.6) is 0 Å². The summed E-state index contributed by atoms with van der Waals surface area (Å²) in [6.45, 7) is 14.2. The molecule has 3 atom stereocenters.